The first-order valence-electron chi connectivity index (χ1n) is 6.14. The van der Waals surface area contributed by atoms with Crippen molar-refractivity contribution in [3.05, 3.63) is 24.0 Å². The Bertz CT molecular complexity index is 369. The molecule has 1 atom stereocenters. The summed E-state index contributed by atoms with van der Waals surface area (Å²) in [5.74, 6) is 0.746. The summed E-state index contributed by atoms with van der Waals surface area (Å²) >= 11 is 0. The third-order valence-electron chi connectivity index (χ3n) is 3.42. The van der Waals surface area contributed by atoms with Gasteiger partial charge in [-0.3, -0.25) is 4.98 Å². The molecular formula is C13H21N3O. The molecule has 1 aromatic rings. The van der Waals surface area contributed by atoms with Gasteiger partial charge in [0.1, 0.15) is 0 Å². The van der Waals surface area contributed by atoms with E-state index in [0.717, 1.165) is 23.8 Å². The first kappa shape index (κ1) is 12.3. The quantitative estimate of drug-likeness (QED) is 0.844. The number of hydrogen-bond donors (Lipinski definition) is 1. The minimum atomic E-state index is 0.00778. The van der Waals surface area contributed by atoms with Gasteiger partial charge in [-0.1, -0.05) is 0 Å². The van der Waals surface area contributed by atoms with Gasteiger partial charge in [0, 0.05) is 32.0 Å². The summed E-state index contributed by atoms with van der Waals surface area (Å²) in [7, 11) is 4.28. The van der Waals surface area contributed by atoms with Gasteiger partial charge >= 0.3 is 0 Å². The molecule has 1 saturated heterocycles. The lowest BCUT2D eigenvalue weighted by Gasteiger charge is -2.23. The van der Waals surface area contributed by atoms with Crippen molar-refractivity contribution in [2.75, 3.05) is 38.6 Å². The second-order valence-electron chi connectivity index (χ2n) is 4.96. The van der Waals surface area contributed by atoms with Crippen LogP contribution >= 0.6 is 0 Å². The second kappa shape index (κ2) is 5.47. The van der Waals surface area contributed by atoms with Crippen molar-refractivity contribution in [3.63, 3.8) is 0 Å². The molecule has 1 aromatic heterocycles. The van der Waals surface area contributed by atoms with Crippen molar-refractivity contribution in [1.82, 2.24) is 9.88 Å². The number of hydrogen-bond acceptors (Lipinski definition) is 4. The minimum absolute atomic E-state index is 0.00778. The highest BCUT2D eigenvalue weighted by atomic mass is 16.3. The second-order valence-corrected chi connectivity index (χ2v) is 4.96. The molecule has 0 spiro atoms. The summed E-state index contributed by atoms with van der Waals surface area (Å²) < 4.78 is 0. The third kappa shape index (κ3) is 3.17. The number of anilines is 1. The van der Waals surface area contributed by atoms with Gasteiger partial charge in [-0.05, 0) is 38.1 Å². The molecule has 0 amide bonds. The van der Waals surface area contributed by atoms with E-state index in [1.807, 2.05) is 12.1 Å². The van der Waals surface area contributed by atoms with E-state index >= 15 is 0 Å². The van der Waals surface area contributed by atoms with Crippen LogP contribution in [0.15, 0.2) is 18.3 Å². The molecule has 1 unspecified atom stereocenters. The Morgan fingerprint density at radius 3 is 3.06 bits per heavy atom. The van der Waals surface area contributed by atoms with Gasteiger partial charge in [0.25, 0.3) is 0 Å². The summed E-state index contributed by atoms with van der Waals surface area (Å²) in [5, 5.41) is 9.08. The number of pyridine rings is 1. The molecular weight excluding hydrogens is 214 g/mol. The van der Waals surface area contributed by atoms with E-state index < -0.39 is 0 Å². The summed E-state index contributed by atoms with van der Waals surface area (Å²) in [6, 6.07) is 3.95. The van der Waals surface area contributed by atoms with Crippen molar-refractivity contribution in [2.45, 2.75) is 13.0 Å². The Balaban J connectivity index is 1.96. The maximum atomic E-state index is 9.08. The maximum Gasteiger partial charge on any atom is 0.0853 e. The van der Waals surface area contributed by atoms with Gasteiger partial charge in [-0.25, -0.2) is 0 Å². The normalized spacial score (nSPS) is 20.8. The van der Waals surface area contributed by atoms with Gasteiger partial charge in [-0.15, -0.1) is 0 Å². The molecule has 0 aliphatic carbocycles. The summed E-state index contributed by atoms with van der Waals surface area (Å²) in [4.78, 5) is 8.73. The van der Waals surface area contributed by atoms with Crippen molar-refractivity contribution in [1.29, 1.82) is 0 Å². The Hall–Kier alpha value is -1.13. The van der Waals surface area contributed by atoms with E-state index in [2.05, 4.69) is 28.9 Å². The highest BCUT2D eigenvalue weighted by Gasteiger charge is 2.20. The predicted octanol–water partition coefficient (Wildman–Crippen LogP) is 0.962. The van der Waals surface area contributed by atoms with Gasteiger partial charge in [0.05, 0.1) is 12.3 Å². The Labute approximate surface area is 103 Å². The fraction of sp³-hybridized carbons (Fsp3) is 0.615. The predicted molar refractivity (Wildman–Crippen MR) is 69.0 cm³/mol. The zero-order valence-corrected chi connectivity index (χ0v) is 10.6. The summed E-state index contributed by atoms with van der Waals surface area (Å²) in [6.45, 7) is 3.46. The zero-order chi connectivity index (χ0) is 12.3. The molecule has 0 radical (unpaired) electrons. The van der Waals surface area contributed by atoms with Crippen LogP contribution < -0.4 is 4.90 Å². The van der Waals surface area contributed by atoms with Crippen LogP contribution in [0.5, 0.6) is 0 Å². The number of aliphatic hydroxyl groups is 1. The fourth-order valence-corrected chi connectivity index (χ4v) is 2.46. The Morgan fingerprint density at radius 2 is 2.41 bits per heavy atom. The molecule has 0 saturated carbocycles. The van der Waals surface area contributed by atoms with Gasteiger partial charge < -0.3 is 14.9 Å². The van der Waals surface area contributed by atoms with Gasteiger partial charge in [0.2, 0.25) is 0 Å². The molecule has 4 heteroatoms. The van der Waals surface area contributed by atoms with Crippen LogP contribution in [-0.2, 0) is 6.61 Å². The molecule has 0 aromatic carbocycles. The molecule has 1 fully saturated rings. The number of aromatic nitrogens is 1. The smallest absolute Gasteiger partial charge is 0.0853 e. The lowest BCUT2D eigenvalue weighted by molar-refractivity contribution is 0.277. The van der Waals surface area contributed by atoms with Crippen LogP contribution in [0.4, 0.5) is 5.69 Å². The summed E-state index contributed by atoms with van der Waals surface area (Å²) in [5.41, 5.74) is 1.87. The van der Waals surface area contributed by atoms with Crippen molar-refractivity contribution in [2.24, 2.45) is 5.92 Å². The molecule has 4 nitrogen and oxygen atoms in total. The third-order valence-corrected chi connectivity index (χ3v) is 3.42. The standard InChI is InChI=1S/C13H21N3O/c1-15-6-4-11(8-15)9-16(2)13-3-5-14-12(7-13)10-17/h3,5,7,11,17H,4,6,8-10H2,1-2H3. The molecule has 1 aliphatic heterocycles. The number of nitrogens with zero attached hydrogens (tertiary/aromatic N) is 3. The SMILES string of the molecule is CN1CCC(CN(C)c2ccnc(CO)c2)C1. The average molecular weight is 235 g/mol. The molecule has 2 heterocycles. The van der Waals surface area contributed by atoms with Crippen LogP contribution in [0.1, 0.15) is 12.1 Å². The Kier molecular flexibility index (Phi) is 3.97. The maximum absolute atomic E-state index is 9.08. The van der Waals surface area contributed by atoms with Crippen LogP contribution in [0.3, 0.4) is 0 Å². The molecule has 94 valence electrons. The number of likely N-dealkylation sites (tertiary alicyclic amines) is 1. The molecule has 17 heavy (non-hydrogen) atoms. The first-order valence-corrected chi connectivity index (χ1v) is 6.14. The van der Waals surface area contributed by atoms with E-state index in [0.29, 0.717) is 0 Å². The first-order chi connectivity index (χ1) is 8.19. The molecule has 0 bridgehead atoms. The topological polar surface area (TPSA) is 39.6 Å². The van der Waals surface area contributed by atoms with Gasteiger partial charge in [0.15, 0.2) is 0 Å². The monoisotopic (exact) mass is 235 g/mol. The van der Waals surface area contributed by atoms with E-state index in [4.69, 9.17) is 5.11 Å². The van der Waals surface area contributed by atoms with E-state index in [-0.39, 0.29) is 6.61 Å². The van der Waals surface area contributed by atoms with Crippen LogP contribution in [0, 0.1) is 5.92 Å². The zero-order valence-electron chi connectivity index (χ0n) is 10.6. The molecule has 1 N–H and O–H groups in total. The van der Waals surface area contributed by atoms with E-state index in [1.165, 1.54) is 19.5 Å². The number of rotatable bonds is 4. The van der Waals surface area contributed by atoms with Crippen LogP contribution in [0.2, 0.25) is 0 Å². The largest absolute Gasteiger partial charge is 0.390 e. The van der Waals surface area contributed by atoms with Crippen LogP contribution in [0.25, 0.3) is 0 Å². The minimum Gasteiger partial charge on any atom is -0.390 e. The lowest BCUT2D eigenvalue weighted by atomic mass is 10.1. The Morgan fingerprint density at radius 1 is 1.59 bits per heavy atom. The van der Waals surface area contributed by atoms with E-state index in [9.17, 15) is 0 Å². The van der Waals surface area contributed by atoms with Crippen molar-refractivity contribution in [3.8, 4) is 0 Å². The highest BCUT2D eigenvalue weighted by molar-refractivity contribution is 5.45. The average Bonchev–Trinajstić information content (AvgIpc) is 2.75. The summed E-state index contributed by atoms with van der Waals surface area (Å²) in [6.07, 6.45) is 3.04. The number of aliphatic hydroxyl groups excluding tert-OH is 1. The molecule has 1 aliphatic rings. The van der Waals surface area contributed by atoms with Crippen molar-refractivity contribution < 1.29 is 5.11 Å². The highest BCUT2D eigenvalue weighted by Crippen LogP contribution is 2.19. The fourth-order valence-electron chi connectivity index (χ4n) is 2.46. The van der Waals surface area contributed by atoms with Crippen LogP contribution in [-0.4, -0.2) is 48.7 Å². The lowest BCUT2D eigenvalue weighted by Crippen LogP contribution is -2.27. The molecule has 2 rings (SSSR count). The van der Waals surface area contributed by atoms with Gasteiger partial charge in [-0.2, -0.15) is 0 Å². The van der Waals surface area contributed by atoms with Crippen molar-refractivity contribution >= 4 is 5.69 Å². The van der Waals surface area contributed by atoms with E-state index in [1.54, 1.807) is 6.20 Å².